The number of likely N-dealkylation sites (tertiary alicyclic amines) is 1. The molecule has 0 aromatic heterocycles. The van der Waals surface area contributed by atoms with Crippen molar-refractivity contribution in [2.24, 2.45) is 11.7 Å². The van der Waals surface area contributed by atoms with E-state index in [1.54, 1.807) is 0 Å². The molecule has 2 atom stereocenters. The summed E-state index contributed by atoms with van der Waals surface area (Å²) in [4.78, 5) is 24.9. The lowest BCUT2D eigenvalue weighted by molar-refractivity contribution is -0.147. The summed E-state index contributed by atoms with van der Waals surface area (Å²) in [5.41, 5.74) is 5.42. The van der Waals surface area contributed by atoms with E-state index in [0.717, 1.165) is 25.7 Å². The van der Waals surface area contributed by atoms with Crippen molar-refractivity contribution in [3.8, 4) is 0 Å². The fourth-order valence-corrected chi connectivity index (χ4v) is 2.68. The van der Waals surface area contributed by atoms with Crippen LogP contribution in [0.2, 0.25) is 0 Å². The number of nitrogens with zero attached hydrogens (tertiary/aromatic N) is 1. The number of amides is 1. The Morgan fingerprint density at radius 2 is 1.95 bits per heavy atom. The van der Waals surface area contributed by atoms with Crippen LogP contribution < -0.4 is 5.73 Å². The second-order valence-electron chi connectivity index (χ2n) is 5.45. The molecule has 0 aromatic rings. The molecule has 0 radical (unpaired) electrons. The Bertz CT molecular complexity index is 307. The molecule has 1 fully saturated rings. The van der Waals surface area contributed by atoms with Gasteiger partial charge in [0, 0.05) is 19.0 Å². The van der Waals surface area contributed by atoms with Gasteiger partial charge in [0.1, 0.15) is 0 Å². The molecule has 5 nitrogen and oxygen atoms in total. The highest BCUT2D eigenvalue weighted by Gasteiger charge is 2.31. The highest BCUT2D eigenvalue weighted by Crippen LogP contribution is 2.24. The number of piperidine rings is 1. The predicted molar refractivity (Wildman–Crippen MR) is 73.7 cm³/mol. The van der Waals surface area contributed by atoms with Crippen LogP contribution in [-0.4, -0.2) is 41.0 Å². The Morgan fingerprint density at radius 1 is 1.26 bits per heavy atom. The average molecular weight is 270 g/mol. The topological polar surface area (TPSA) is 83.6 Å². The smallest absolute Gasteiger partial charge is 0.306 e. The van der Waals surface area contributed by atoms with Crippen molar-refractivity contribution < 1.29 is 14.7 Å². The average Bonchev–Trinajstić information content (AvgIpc) is 2.38. The van der Waals surface area contributed by atoms with Gasteiger partial charge in [0.25, 0.3) is 0 Å². The van der Waals surface area contributed by atoms with Crippen LogP contribution >= 0.6 is 0 Å². The molecule has 0 saturated carbocycles. The van der Waals surface area contributed by atoms with Crippen LogP contribution in [0.15, 0.2) is 0 Å². The van der Waals surface area contributed by atoms with Crippen LogP contribution in [0.5, 0.6) is 0 Å². The number of hydrogen-bond acceptors (Lipinski definition) is 3. The van der Waals surface area contributed by atoms with Gasteiger partial charge in [-0.3, -0.25) is 9.59 Å². The molecular formula is C14H26N2O3. The number of nitrogens with two attached hydrogens (primary N) is 1. The van der Waals surface area contributed by atoms with Crippen molar-refractivity contribution in [1.82, 2.24) is 4.90 Å². The van der Waals surface area contributed by atoms with Crippen molar-refractivity contribution in [2.45, 2.75) is 57.9 Å². The molecule has 2 unspecified atom stereocenters. The number of aliphatic carboxylic acids is 1. The number of carbonyl (C=O) groups excluding carboxylic acids is 1. The minimum absolute atomic E-state index is 0.0476. The quantitative estimate of drug-likeness (QED) is 0.688. The molecule has 1 saturated heterocycles. The van der Waals surface area contributed by atoms with Crippen LogP contribution in [0.25, 0.3) is 0 Å². The summed E-state index contributed by atoms with van der Waals surface area (Å²) in [6, 6.07) is 0.0476. The summed E-state index contributed by atoms with van der Waals surface area (Å²) < 4.78 is 0. The minimum Gasteiger partial charge on any atom is -0.481 e. The first-order valence-electron chi connectivity index (χ1n) is 7.28. The van der Waals surface area contributed by atoms with Crippen LogP contribution in [0.4, 0.5) is 0 Å². The molecule has 19 heavy (non-hydrogen) atoms. The standard InChI is InChI=1S/C14H26N2O3/c1-11-10-12(14(18)19)7-9-16(11)13(17)6-4-2-3-5-8-15/h11-12H,2-10,15H2,1H3,(H,18,19). The fourth-order valence-electron chi connectivity index (χ4n) is 2.68. The second kappa shape index (κ2) is 8.15. The van der Waals surface area contributed by atoms with Crippen molar-refractivity contribution in [3.05, 3.63) is 0 Å². The van der Waals surface area contributed by atoms with E-state index in [-0.39, 0.29) is 17.9 Å². The van der Waals surface area contributed by atoms with Gasteiger partial charge in [-0.2, -0.15) is 0 Å². The third-order valence-corrected chi connectivity index (χ3v) is 3.89. The first-order valence-corrected chi connectivity index (χ1v) is 7.28. The van der Waals surface area contributed by atoms with Gasteiger partial charge in [-0.25, -0.2) is 0 Å². The Labute approximate surface area is 115 Å². The van der Waals surface area contributed by atoms with Gasteiger partial charge in [-0.05, 0) is 39.2 Å². The third-order valence-electron chi connectivity index (χ3n) is 3.89. The molecule has 1 aliphatic rings. The normalized spacial score (nSPS) is 23.4. The lowest BCUT2D eigenvalue weighted by Crippen LogP contribution is -2.46. The molecule has 1 amide bonds. The third kappa shape index (κ3) is 5.19. The maximum absolute atomic E-state index is 12.1. The van der Waals surface area contributed by atoms with Crippen LogP contribution in [0.1, 0.15) is 51.9 Å². The van der Waals surface area contributed by atoms with E-state index in [9.17, 15) is 9.59 Å². The first kappa shape index (κ1) is 16.0. The number of carbonyl (C=O) groups is 2. The van der Waals surface area contributed by atoms with Crippen molar-refractivity contribution in [3.63, 3.8) is 0 Å². The molecule has 0 spiro atoms. The van der Waals surface area contributed by atoms with E-state index in [0.29, 0.717) is 32.4 Å². The Morgan fingerprint density at radius 3 is 2.53 bits per heavy atom. The van der Waals surface area contributed by atoms with Gasteiger partial charge in [-0.15, -0.1) is 0 Å². The molecule has 1 heterocycles. The molecule has 0 bridgehead atoms. The molecule has 3 N–H and O–H groups in total. The second-order valence-corrected chi connectivity index (χ2v) is 5.45. The van der Waals surface area contributed by atoms with E-state index in [1.807, 2.05) is 11.8 Å². The van der Waals surface area contributed by atoms with Gasteiger partial charge in [0.05, 0.1) is 5.92 Å². The SMILES string of the molecule is CC1CC(C(=O)O)CCN1C(=O)CCCCCCN. The Balaban J connectivity index is 2.27. The molecule has 0 aliphatic carbocycles. The lowest BCUT2D eigenvalue weighted by Gasteiger charge is -2.36. The zero-order chi connectivity index (χ0) is 14.3. The van der Waals surface area contributed by atoms with Crippen LogP contribution in [0, 0.1) is 5.92 Å². The number of hydrogen-bond donors (Lipinski definition) is 2. The number of unbranched alkanes of at least 4 members (excludes halogenated alkanes) is 3. The molecular weight excluding hydrogens is 244 g/mol. The molecule has 110 valence electrons. The summed E-state index contributed by atoms with van der Waals surface area (Å²) in [5.74, 6) is -0.853. The van der Waals surface area contributed by atoms with Crippen LogP contribution in [0.3, 0.4) is 0 Å². The first-order chi connectivity index (χ1) is 9.06. The molecule has 5 heteroatoms. The lowest BCUT2D eigenvalue weighted by atomic mass is 9.91. The van der Waals surface area contributed by atoms with Crippen molar-refractivity contribution in [1.29, 1.82) is 0 Å². The van der Waals surface area contributed by atoms with Gasteiger partial charge in [0.2, 0.25) is 5.91 Å². The zero-order valence-electron chi connectivity index (χ0n) is 11.8. The fraction of sp³-hybridized carbons (Fsp3) is 0.857. The molecule has 0 aromatic carbocycles. The van der Waals surface area contributed by atoms with Gasteiger partial charge in [-0.1, -0.05) is 12.8 Å². The highest BCUT2D eigenvalue weighted by molar-refractivity contribution is 5.77. The van der Waals surface area contributed by atoms with E-state index in [2.05, 4.69) is 0 Å². The Hall–Kier alpha value is -1.10. The maximum atomic E-state index is 12.1. The monoisotopic (exact) mass is 270 g/mol. The molecule has 1 aliphatic heterocycles. The Kier molecular flexibility index (Phi) is 6.84. The van der Waals surface area contributed by atoms with E-state index < -0.39 is 5.97 Å². The summed E-state index contributed by atoms with van der Waals surface area (Å²) >= 11 is 0. The number of carboxylic acids is 1. The number of carboxylic acid groups (broad SMARTS) is 1. The zero-order valence-corrected chi connectivity index (χ0v) is 11.8. The van der Waals surface area contributed by atoms with E-state index in [4.69, 9.17) is 10.8 Å². The summed E-state index contributed by atoms with van der Waals surface area (Å²) in [6.45, 7) is 3.24. The number of rotatable bonds is 7. The molecule has 1 rings (SSSR count). The van der Waals surface area contributed by atoms with Crippen molar-refractivity contribution >= 4 is 11.9 Å². The van der Waals surface area contributed by atoms with Gasteiger partial charge >= 0.3 is 5.97 Å². The summed E-state index contributed by atoms with van der Waals surface area (Å²) in [7, 11) is 0. The highest BCUT2D eigenvalue weighted by atomic mass is 16.4. The van der Waals surface area contributed by atoms with E-state index in [1.165, 1.54) is 0 Å². The summed E-state index contributed by atoms with van der Waals surface area (Å²) in [5, 5.41) is 8.99. The maximum Gasteiger partial charge on any atom is 0.306 e. The predicted octanol–water partition coefficient (Wildman–Crippen LogP) is 1.61. The van der Waals surface area contributed by atoms with Crippen molar-refractivity contribution in [2.75, 3.05) is 13.1 Å². The van der Waals surface area contributed by atoms with Gasteiger partial charge < -0.3 is 15.7 Å². The summed E-state index contributed by atoms with van der Waals surface area (Å²) in [6.07, 6.45) is 5.79. The largest absolute Gasteiger partial charge is 0.481 e. The van der Waals surface area contributed by atoms with Crippen LogP contribution in [-0.2, 0) is 9.59 Å². The van der Waals surface area contributed by atoms with E-state index >= 15 is 0 Å². The van der Waals surface area contributed by atoms with Gasteiger partial charge in [0.15, 0.2) is 0 Å². The minimum atomic E-state index is -0.735.